The van der Waals surface area contributed by atoms with Crippen LogP contribution < -0.4 is 14.8 Å². The summed E-state index contributed by atoms with van der Waals surface area (Å²) in [5, 5.41) is 2.95. The minimum atomic E-state index is -0.502. The van der Waals surface area contributed by atoms with E-state index in [1.165, 1.54) is 5.56 Å². The fraction of sp³-hybridized carbons (Fsp3) is 0.409. The van der Waals surface area contributed by atoms with Gasteiger partial charge in [0.15, 0.2) is 6.10 Å². The van der Waals surface area contributed by atoms with E-state index < -0.39 is 6.10 Å². The number of carbonyl (C=O) groups is 1. The number of rotatable bonds is 9. The number of aryl methyl sites for hydroxylation is 1. The lowest BCUT2D eigenvalue weighted by Gasteiger charge is -2.18. The van der Waals surface area contributed by atoms with Crippen LogP contribution in [0.25, 0.3) is 0 Å². The van der Waals surface area contributed by atoms with Crippen LogP contribution in [0, 0.1) is 0 Å². The number of hydrogen-bond acceptors (Lipinski definition) is 3. The van der Waals surface area contributed by atoms with Crippen LogP contribution in [0.5, 0.6) is 11.5 Å². The Morgan fingerprint density at radius 2 is 1.69 bits per heavy atom. The van der Waals surface area contributed by atoms with Crippen LogP contribution in [0.3, 0.4) is 0 Å². The zero-order valence-electron chi connectivity index (χ0n) is 16.1. The molecule has 1 amide bonds. The highest BCUT2D eigenvalue weighted by molar-refractivity contribution is 5.81. The van der Waals surface area contributed by atoms with Gasteiger partial charge in [0.05, 0.1) is 6.10 Å². The Morgan fingerprint density at radius 3 is 2.31 bits per heavy atom. The first kappa shape index (κ1) is 19.8. The molecule has 0 radical (unpaired) electrons. The first-order valence-electron chi connectivity index (χ1n) is 9.30. The summed E-state index contributed by atoms with van der Waals surface area (Å²) in [7, 11) is 0. The van der Waals surface area contributed by atoms with Gasteiger partial charge in [0.25, 0.3) is 5.91 Å². The highest BCUT2D eigenvalue weighted by Gasteiger charge is 2.18. The third-order valence-corrected chi connectivity index (χ3v) is 4.01. The quantitative estimate of drug-likeness (QED) is 0.720. The Bertz CT molecular complexity index is 695. The van der Waals surface area contributed by atoms with Gasteiger partial charge in [-0.1, -0.05) is 38.1 Å². The highest BCUT2D eigenvalue weighted by atomic mass is 16.5. The zero-order chi connectivity index (χ0) is 18.9. The molecule has 2 rings (SSSR count). The van der Waals surface area contributed by atoms with Crippen molar-refractivity contribution < 1.29 is 14.3 Å². The molecule has 0 saturated heterocycles. The van der Waals surface area contributed by atoms with Crippen LogP contribution in [0.15, 0.2) is 48.5 Å². The van der Waals surface area contributed by atoms with Gasteiger partial charge < -0.3 is 14.8 Å². The normalized spacial score (nSPS) is 11.9. The maximum absolute atomic E-state index is 12.5. The molecule has 4 heteroatoms. The van der Waals surface area contributed by atoms with Gasteiger partial charge in [0.1, 0.15) is 11.5 Å². The fourth-order valence-corrected chi connectivity index (χ4v) is 2.59. The van der Waals surface area contributed by atoms with Gasteiger partial charge in [-0.2, -0.15) is 0 Å². The summed E-state index contributed by atoms with van der Waals surface area (Å²) in [6.45, 7) is 8.49. The number of nitrogens with one attached hydrogen (secondary N) is 1. The summed E-state index contributed by atoms with van der Waals surface area (Å²) in [4.78, 5) is 12.5. The van der Waals surface area contributed by atoms with Gasteiger partial charge in [-0.05, 0) is 62.1 Å². The van der Waals surface area contributed by atoms with E-state index in [1.807, 2.05) is 69.3 Å². The third-order valence-electron chi connectivity index (χ3n) is 4.01. The predicted octanol–water partition coefficient (Wildman–Crippen LogP) is 4.51. The number of ether oxygens (including phenoxy) is 2. The number of benzene rings is 2. The summed E-state index contributed by atoms with van der Waals surface area (Å²) in [6, 6.07) is 15.7. The van der Waals surface area contributed by atoms with Crippen molar-refractivity contribution in [1.29, 1.82) is 0 Å². The molecule has 0 saturated carbocycles. The van der Waals surface area contributed by atoms with Crippen LogP contribution in [-0.4, -0.2) is 18.1 Å². The van der Waals surface area contributed by atoms with Gasteiger partial charge >= 0.3 is 0 Å². The van der Waals surface area contributed by atoms with E-state index in [9.17, 15) is 4.79 Å². The molecule has 2 aromatic rings. The lowest BCUT2D eigenvalue weighted by Crippen LogP contribution is -2.37. The van der Waals surface area contributed by atoms with Crippen molar-refractivity contribution >= 4 is 5.91 Å². The first-order valence-corrected chi connectivity index (χ1v) is 9.30. The predicted molar refractivity (Wildman–Crippen MR) is 105 cm³/mol. The number of amides is 1. The Labute approximate surface area is 156 Å². The van der Waals surface area contributed by atoms with Crippen LogP contribution in [-0.2, 0) is 17.8 Å². The first-order chi connectivity index (χ1) is 12.5. The Hall–Kier alpha value is -2.49. The Morgan fingerprint density at radius 1 is 0.962 bits per heavy atom. The van der Waals surface area contributed by atoms with Gasteiger partial charge in [-0.3, -0.25) is 4.79 Å². The molecule has 0 aliphatic heterocycles. The summed E-state index contributed by atoms with van der Waals surface area (Å²) < 4.78 is 11.5. The van der Waals surface area contributed by atoms with Crippen molar-refractivity contribution in [1.82, 2.24) is 5.32 Å². The molecule has 140 valence electrons. The maximum Gasteiger partial charge on any atom is 0.261 e. The van der Waals surface area contributed by atoms with Crippen LogP contribution in [0.2, 0.25) is 0 Å². The van der Waals surface area contributed by atoms with E-state index in [-0.39, 0.29) is 12.0 Å². The molecule has 0 aromatic heterocycles. The van der Waals surface area contributed by atoms with E-state index in [4.69, 9.17) is 9.47 Å². The molecule has 26 heavy (non-hydrogen) atoms. The van der Waals surface area contributed by atoms with E-state index in [0.29, 0.717) is 13.0 Å². The molecule has 1 unspecified atom stereocenters. The van der Waals surface area contributed by atoms with Gasteiger partial charge in [-0.15, -0.1) is 0 Å². The van der Waals surface area contributed by atoms with Gasteiger partial charge in [0, 0.05) is 6.54 Å². The zero-order valence-corrected chi connectivity index (χ0v) is 16.1. The van der Waals surface area contributed by atoms with Crippen molar-refractivity contribution in [2.75, 3.05) is 0 Å². The summed E-state index contributed by atoms with van der Waals surface area (Å²) in [5.41, 5.74) is 2.25. The van der Waals surface area contributed by atoms with Crippen molar-refractivity contribution in [3.8, 4) is 11.5 Å². The highest BCUT2D eigenvalue weighted by Crippen LogP contribution is 2.17. The molecule has 1 atom stereocenters. The van der Waals surface area contributed by atoms with E-state index in [2.05, 4.69) is 12.2 Å². The monoisotopic (exact) mass is 355 g/mol. The maximum atomic E-state index is 12.5. The molecule has 0 aliphatic carbocycles. The molecule has 0 heterocycles. The van der Waals surface area contributed by atoms with E-state index in [0.717, 1.165) is 23.5 Å². The molecule has 4 nitrogen and oxygen atoms in total. The molecule has 1 N–H and O–H groups in total. The minimum Gasteiger partial charge on any atom is -0.491 e. The molecular formula is C22H29NO3. The molecule has 0 bridgehead atoms. The van der Waals surface area contributed by atoms with Crippen LogP contribution in [0.1, 0.15) is 45.2 Å². The lowest BCUT2D eigenvalue weighted by molar-refractivity contribution is -0.128. The van der Waals surface area contributed by atoms with Gasteiger partial charge in [0.2, 0.25) is 0 Å². The van der Waals surface area contributed by atoms with Crippen LogP contribution >= 0.6 is 0 Å². The fourth-order valence-electron chi connectivity index (χ4n) is 2.59. The van der Waals surface area contributed by atoms with E-state index in [1.54, 1.807) is 0 Å². The minimum absolute atomic E-state index is 0.109. The lowest BCUT2D eigenvalue weighted by atomic mass is 10.1. The van der Waals surface area contributed by atoms with E-state index >= 15 is 0 Å². The smallest absolute Gasteiger partial charge is 0.261 e. The third kappa shape index (κ3) is 6.10. The Kier molecular flexibility index (Phi) is 7.52. The molecule has 2 aromatic carbocycles. The average Bonchev–Trinajstić information content (AvgIpc) is 2.64. The molecular weight excluding hydrogens is 326 g/mol. The second-order valence-corrected chi connectivity index (χ2v) is 6.54. The summed E-state index contributed by atoms with van der Waals surface area (Å²) in [6.07, 6.45) is 1.21. The largest absolute Gasteiger partial charge is 0.491 e. The SMILES string of the molecule is CCc1ccc(OC(CC)C(=O)NCc2cccc(OC(C)C)c2)cc1. The molecule has 0 spiro atoms. The molecule has 0 aliphatic rings. The van der Waals surface area contributed by atoms with Crippen molar-refractivity contribution in [2.24, 2.45) is 0 Å². The number of hydrogen-bond donors (Lipinski definition) is 1. The number of carbonyl (C=O) groups excluding carboxylic acids is 1. The van der Waals surface area contributed by atoms with Crippen molar-refractivity contribution in [3.63, 3.8) is 0 Å². The molecule has 0 fully saturated rings. The summed E-state index contributed by atoms with van der Waals surface area (Å²) >= 11 is 0. The average molecular weight is 355 g/mol. The second-order valence-electron chi connectivity index (χ2n) is 6.54. The second kappa shape index (κ2) is 9.85. The van der Waals surface area contributed by atoms with Gasteiger partial charge in [-0.25, -0.2) is 0 Å². The van der Waals surface area contributed by atoms with Crippen LogP contribution in [0.4, 0.5) is 0 Å². The standard InChI is InChI=1S/C22H29NO3/c1-5-17-10-12-19(13-11-17)26-21(6-2)22(24)23-15-18-8-7-9-20(14-18)25-16(3)4/h7-14,16,21H,5-6,15H2,1-4H3,(H,23,24). The Balaban J connectivity index is 1.92. The topological polar surface area (TPSA) is 47.6 Å². The summed E-state index contributed by atoms with van der Waals surface area (Å²) in [5.74, 6) is 1.42. The van der Waals surface area contributed by atoms with Crippen molar-refractivity contribution in [2.45, 2.75) is 59.3 Å². The van der Waals surface area contributed by atoms with Crippen molar-refractivity contribution in [3.05, 3.63) is 59.7 Å².